The standard InChI is InChI=1S/C15H16N2O3S/c1-10-6-3-4-8-12(10)17-21(19,20)13-9-5-7-11(2)14(13)15(16)18/h3-9,17H,1-2H3,(H2,16,18). The summed E-state index contributed by atoms with van der Waals surface area (Å²) in [6.07, 6.45) is 0. The molecule has 2 aromatic carbocycles. The molecule has 0 aliphatic carbocycles. The van der Waals surface area contributed by atoms with Crippen LogP contribution in [0.1, 0.15) is 21.5 Å². The quantitative estimate of drug-likeness (QED) is 0.907. The van der Waals surface area contributed by atoms with Crippen LogP contribution in [0.25, 0.3) is 0 Å². The van der Waals surface area contributed by atoms with E-state index in [0.29, 0.717) is 11.3 Å². The summed E-state index contributed by atoms with van der Waals surface area (Å²) in [5, 5.41) is 0. The number of sulfonamides is 1. The Balaban J connectivity index is 2.53. The summed E-state index contributed by atoms with van der Waals surface area (Å²) in [6.45, 7) is 3.44. The van der Waals surface area contributed by atoms with E-state index in [1.165, 1.54) is 6.07 Å². The van der Waals surface area contributed by atoms with Crippen LogP contribution >= 0.6 is 0 Å². The number of anilines is 1. The predicted octanol–water partition coefficient (Wildman–Crippen LogP) is 2.20. The maximum atomic E-state index is 12.5. The monoisotopic (exact) mass is 304 g/mol. The van der Waals surface area contributed by atoms with Gasteiger partial charge in [-0.3, -0.25) is 9.52 Å². The third-order valence-electron chi connectivity index (χ3n) is 3.16. The third-order valence-corrected chi connectivity index (χ3v) is 4.57. The summed E-state index contributed by atoms with van der Waals surface area (Å²) >= 11 is 0. The van der Waals surface area contributed by atoms with Crippen molar-refractivity contribution < 1.29 is 13.2 Å². The zero-order valence-electron chi connectivity index (χ0n) is 11.8. The highest BCUT2D eigenvalue weighted by Gasteiger charge is 2.23. The minimum atomic E-state index is -3.88. The van der Waals surface area contributed by atoms with Crippen molar-refractivity contribution in [3.05, 3.63) is 59.2 Å². The first-order valence-electron chi connectivity index (χ1n) is 6.31. The number of hydrogen-bond donors (Lipinski definition) is 2. The Hall–Kier alpha value is -2.34. The van der Waals surface area contributed by atoms with E-state index >= 15 is 0 Å². The topological polar surface area (TPSA) is 89.3 Å². The Bertz CT molecular complexity index is 798. The van der Waals surface area contributed by atoms with Crippen LogP contribution in [0.2, 0.25) is 0 Å². The maximum absolute atomic E-state index is 12.5. The average Bonchev–Trinajstić information content (AvgIpc) is 2.40. The molecule has 0 unspecified atom stereocenters. The first-order chi connectivity index (χ1) is 9.83. The molecule has 2 aromatic rings. The molecular formula is C15H16N2O3S. The zero-order valence-corrected chi connectivity index (χ0v) is 12.6. The van der Waals surface area contributed by atoms with Gasteiger partial charge in [-0.2, -0.15) is 0 Å². The van der Waals surface area contributed by atoms with E-state index in [4.69, 9.17) is 5.73 Å². The SMILES string of the molecule is Cc1ccccc1NS(=O)(=O)c1cccc(C)c1C(N)=O. The van der Waals surface area contributed by atoms with Gasteiger partial charge in [0.2, 0.25) is 5.91 Å². The Morgan fingerprint density at radius 3 is 2.24 bits per heavy atom. The molecule has 21 heavy (non-hydrogen) atoms. The highest BCUT2D eigenvalue weighted by molar-refractivity contribution is 7.92. The second-order valence-corrected chi connectivity index (χ2v) is 6.38. The van der Waals surface area contributed by atoms with Gasteiger partial charge >= 0.3 is 0 Å². The van der Waals surface area contributed by atoms with Crippen molar-refractivity contribution in [2.45, 2.75) is 18.7 Å². The van der Waals surface area contributed by atoms with Gasteiger partial charge < -0.3 is 5.73 Å². The molecule has 3 N–H and O–H groups in total. The number of carbonyl (C=O) groups is 1. The molecular weight excluding hydrogens is 288 g/mol. The minimum Gasteiger partial charge on any atom is -0.366 e. The number of amides is 1. The second-order valence-electron chi connectivity index (χ2n) is 4.73. The van der Waals surface area contributed by atoms with Gasteiger partial charge in [0.05, 0.1) is 11.3 Å². The molecule has 0 bridgehead atoms. The molecule has 1 amide bonds. The Labute approximate surface area is 123 Å². The van der Waals surface area contributed by atoms with Gasteiger partial charge in [0.15, 0.2) is 0 Å². The van der Waals surface area contributed by atoms with E-state index in [0.717, 1.165) is 5.56 Å². The molecule has 0 saturated carbocycles. The summed E-state index contributed by atoms with van der Waals surface area (Å²) in [5.41, 5.74) is 7.09. The predicted molar refractivity (Wildman–Crippen MR) is 81.7 cm³/mol. The summed E-state index contributed by atoms with van der Waals surface area (Å²) in [5.74, 6) is -0.766. The van der Waals surface area contributed by atoms with Crippen molar-refractivity contribution in [2.75, 3.05) is 4.72 Å². The number of primary amides is 1. The Morgan fingerprint density at radius 1 is 1.00 bits per heavy atom. The molecule has 0 aromatic heterocycles. The fraction of sp³-hybridized carbons (Fsp3) is 0.133. The van der Waals surface area contributed by atoms with Crippen LogP contribution in [0.3, 0.4) is 0 Å². The van der Waals surface area contributed by atoms with Crippen molar-refractivity contribution in [3.63, 3.8) is 0 Å². The van der Waals surface area contributed by atoms with Gasteiger partial charge in [-0.15, -0.1) is 0 Å². The van der Waals surface area contributed by atoms with Crippen molar-refractivity contribution in [1.82, 2.24) is 0 Å². The lowest BCUT2D eigenvalue weighted by Crippen LogP contribution is -2.21. The van der Waals surface area contributed by atoms with E-state index in [1.807, 2.05) is 6.07 Å². The largest absolute Gasteiger partial charge is 0.366 e. The molecule has 0 atom stereocenters. The van der Waals surface area contributed by atoms with Crippen molar-refractivity contribution in [2.24, 2.45) is 5.73 Å². The molecule has 0 spiro atoms. The van der Waals surface area contributed by atoms with Gasteiger partial charge in [-0.05, 0) is 37.1 Å². The molecule has 0 aliphatic heterocycles. The van der Waals surface area contributed by atoms with Crippen LogP contribution in [0.15, 0.2) is 47.4 Å². The van der Waals surface area contributed by atoms with E-state index < -0.39 is 15.9 Å². The summed E-state index contributed by atoms with van der Waals surface area (Å²) in [4.78, 5) is 11.4. The molecule has 0 radical (unpaired) electrons. The minimum absolute atomic E-state index is 0.0126. The zero-order chi connectivity index (χ0) is 15.6. The van der Waals surface area contributed by atoms with Crippen LogP contribution < -0.4 is 10.5 Å². The van der Waals surface area contributed by atoms with Crippen LogP contribution in [-0.2, 0) is 10.0 Å². The Kier molecular flexibility index (Phi) is 3.99. The number of benzene rings is 2. The first kappa shape index (κ1) is 15.1. The third kappa shape index (κ3) is 3.05. The van der Waals surface area contributed by atoms with Crippen LogP contribution in [0, 0.1) is 13.8 Å². The number of para-hydroxylation sites is 1. The highest BCUT2D eigenvalue weighted by atomic mass is 32.2. The van der Waals surface area contributed by atoms with Crippen LogP contribution in [0.4, 0.5) is 5.69 Å². The van der Waals surface area contributed by atoms with Gasteiger partial charge in [-0.25, -0.2) is 8.42 Å². The van der Waals surface area contributed by atoms with Crippen molar-refractivity contribution >= 4 is 21.6 Å². The molecule has 0 fully saturated rings. The summed E-state index contributed by atoms with van der Waals surface area (Å²) in [7, 11) is -3.88. The number of nitrogens with two attached hydrogens (primary N) is 1. The van der Waals surface area contributed by atoms with E-state index in [-0.39, 0.29) is 10.5 Å². The van der Waals surface area contributed by atoms with Crippen LogP contribution in [0.5, 0.6) is 0 Å². The number of rotatable bonds is 4. The average molecular weight is 304 g/mol. The molecule has 0 heterocycles. The van der Waals surface area contributed by atoms with Crippen molar-refractivity contribution in [1.29, 1.82) is 0 Å². The number of nitrogens with one attached hydrogen (secondary N) is 1. The lowest BCUT2D eigenvalue weighted by Gasteiger charge is -2.13. The number of aryl methyl sites for hydroxylation is 2. The number of hydrogen-bond acceptors (Lipinski definition) is 3. The Morgan fingerprint density at radius 2 is 1.62 bits per heavy atom. The van der Waals surface area contributed by atoms with E-state index in [1.54, 1.807) is 44.2 Å². The van der Waals surface area contributed by atoms with E-state index in [2.05, 4.69) is 4.72 Å². The smallest absolute Gasteiger partial charge is 0.262 e. The summed E-state index contributed by atoms with van der Waals surface area (Å²) in [6, 6.07) is 11.6. The first-order valence-corrected chi connectivity index (χ1v) is 7.79. The molecule has 0 saturated heterocycles. The molecule has 5 nitrogen and oxygen atoms in total. The number of carbonyl (C=O) groups excluding carboxylic acids is 1. The lowest BCUT2D eigenvalue weighted by atomic mass is 10.1. The maximum Gasteiger partial charge on any atom is 0.262 e. The van der Waals surface area contributed by atoms with Crippen LogP contribution in [-0.4, -0.2) is 14.3 Å². The molecule has 0 aliphatic rings. The normalized spacial score (nSPS) is 11.1. The van der Waals surface area contributed by atoms with E-state index in [9.17, 15) is 13.2 Å². The van der Waals surface area contributed by atoms with Gasteiger partial charge in [0, 0.05) is 0 Å². The molecule has 110 valence electrons. The van der Waals surface area contributed by atoms with Gasteiger partial charge in [0.25, 0.3) is 10.0 Å². The van der Waals surface area contributed by atoms with Gasteiger partial charge in [-0.1, -0.05) is 30.3 Å². The molecule has 2 rings (SSSR count). The van der Waals surface area contributed by atoms with Crippen molar-refractivity contribution in [3.8, 4) is 0 Å². The fourth-order valence-electron chi connectivity index (χ4n) is 2.07. The molecule has 6 heteroatoms. The second kappa shape index (κ2) is 5.57. The summed E-state index contributed by atoms with van der Waals surface area (Å²) < 4.78 is 27.5. The fourth-order valence-corrected chi connectivity index (χ4v) is 3.48. The van der Waals surface area contributed by atoms with Gasteiger partial charge in [0.1, 0.15) is 4.90 Å². The lowest BCUT2D eigenvalue weighted by molar-refractivity contribution is 0.0996. The highest BCUT2D eigenvalue weighted by Crippen LogP contribution is 2.23.